The molecule has 0 aliphatic carbocycles. The molecule has 6 N–H and O–H groups in total. The maximum atomic E-state index is 13.3. The molecule has 1 saturated heterocycles. The Bertz CT molecular complexity index is 1720. The van der Waals surface area contributed by atoms with Crippen molar-refractivity contribution in [2.75, 3.05) is 25.1 Å². The summed E-state index contributed by atoms with van der Waals surface area (Å²) in [6.07, 6.45) is 4.39. The van der Waals surface area contributed by atoms with Crippen LogP contribution < -0.4 is 20.9 Å². The number of likely N-dealkylation sites (N-methyl/N-ethyl adjacent to an activating group) is 1. The lowest BCUT2D eigenvalue weighted by molar-refractivity contribution is -0.687. The lowest BCUT2D eigenvalue weighted by atomic mass is 10.0. The number of hydrogen-bond acceptors (Lipinski definition) is 11. The second-order valence-corrected chi connectivity index (χ2v) is 12.6. The number of nitrogens with one attached hydrogen (secondary N) is 2. The van der Waals surface area contributed by atoms with Crippen LogP contribution >= 0.6 is 34.7 Å². The fraction of sp³-hybridized carbons (Fsp3) is 0.346. The van der Waals surface area contributed by atoms with Crippen molar-refractivity contribution in [3.63, 3.8) is 0 Å². The number of aliphatic carboxylic acids is 2. The van der Waals surface area contributed by atoms with E-state index in [2.05, 4.69) is 25.3 Å². The first kappa shape index (κ1) is 31.2. The molecule has 2 aliphatic rings. The Labute approximate surface area is 263 Å². The zero-order valence-electron chi connectivity index (χ0n) is 23.4. The molecule has 2 amide bonds. The van der Waals surface area contributed by atoms with Gasteiger partial charge in [-0.3, -0.25) is 14.5 Å². The third kappa shape index (κ3) is 6.08. The van der Waals surface area contributed by atoms with Gasteiger partial charge in [-0.05, 0) is 20.0 Å². The lowest BCUT2D eigenvalue weighted by Crippen LogP contribution is -2.71. The molecule has 0 spiro atoms. The van der Waals surface area contributed by atoms with E-state index in [1.807, 2.05) is 42.3 Å². The van der Waals surface area contributed by atoms with Gasteiger partial charge in [-0.2, -0.15) is 0 Å². The zero-order valence-corrected chi connectivity index (χ0v) is 25.8. The summed E-state index contributed by atoms with van der Waals surface area (Å²) < 4.78 is 4.00. The van der Waals surface area contributed by atoms with Crippen LogP contribution in [0.3, 0.4) is 0 Å². The van der Waals surface area contributed by atoms with Gasteiger partial charge in [-0.15, -0.1) is 11.8 Å². The third-order valence-corrected chi connectivity index (χ3v) is 9.40. The number of carbonyl (C=O) groups excluding carboxylic acids is 2. The van der Waals surface area contributed by atoms with Gasteiger partial charge in [0.1, 0.15) is 27.1 Å². The van der Waals surface area contributed by atoms with Crippen molar-refractivity contribution in [3.8, 4) is 0 Å². The van der Waals surface area contributed by atoms with E-state index < -0.39 is 47.0 Å². The third-order valence-electron chi connectivity index (χ3n) is 6.97. The number of rotatable bonds is 12. The number of carbonyl (C=O) groups is 4. The van der Waals surface area contributed by atoms with Crippen LogP contribution in [0.4, 0.5) is 5.13 Å². The van der Waals surface area contributed by atoms with Crippen molar-refractivity contribution in [2.24, 2.45) is 5.16 Å². The van der Waals surface area contributed by atoms with Gasteiger partial charge in [-0.1, -0.05) is 28.1 Å². The number of nitrogens with two attached hydrogens (primary N) is 1. The summed E-state index contributed by atoms with van der Waals surface area (Å²) >= 11 is 8.33. The molecule has 5 rings (SSSR count). The fourth-order valence-electron chi connectivity index (χ4n) is 4.78. The molecule has 15 nitrogen and oxygen atoms in total. The smallest absolute Gasteiger partial charge is 0.352 e. The van der Waals surface area contributed by atoms with E-state index in [0.29, 0.717) is 11.3 Å². The van der Waals surface area contributed by atoms with Crippen LogP contribution in [0.1, 0.15) is 12.6 Å². The predicted molar refractivity (Wildman–Crippen MR) is 162 cm³/mol. The van der Waals surface area contributed by atoms with Gasteiger partial charge < -0.3 is 36.0 Å². The van der Waals surface area contributed by atoms with Gasteiger partial charge in [0.25, 0.3) is 11.8 Å². The van der Waals surface area contributed by atoms with Crippen molar-refractivity contribution >= 4 is 80.2 Å². The molecule has 5 heterocycles. The first-order valence-corrected chi connectivity index (χ1v) is 15.5. The number of aromatic nitrogens is 3. The zero-order chi connectivity index (χ0) is 31.7. The van der Waals surface area contributed by atoms with Crippen LogP contribution in [0.25, 0.3) is 10.9 Å². The highest BCUT2D eigenvalue weighted by atomic mass is 35.5. The Balaban J connectivity index is 1.35. The van der Waals surface area contributed by atoms with Crippen LogP contribution in [-0.2, 0) is 37.1 Å². The number of fused-ring (bicyclic) bond motifs is 2. The minimum atomic E-state index is -1.40. The topological polar surface area (TPSA) is 205 Å². The first-order chi connectivity index (χ1) is 21.0. The number of thioether (sulfide) groups is 1. The standard InChI is InChI=1S/C26H27ClN8O7S2/c1-12(24(38)39)42-32-17(16-20(27)44-26(28)31-16)21(36)30-18-22(37)35-19(25(40)41)14(11-43-23(18)35)10-33-6-4-15-13(9-33)3-7-34(15)8-5-29-2/h3-4,6-7,9,12,18,23,29H,5,8,10-11H2,1-2H3,(H4-,28,30,31,36,38,39,40,41)/p+1/t12-,18+,23?/m0/s1. The van der Waals surface area contributed by atoms with E-state index >= 15 is 0 Å². The average molecular weight is 664 g/mol. The molecule has 44 heavy (non-hydrogen) atoms. The Morgan fingerprint density at radius 1 is 1.34 bits per heavy atom. The van der Waals surface area contributed by atoms with E-state index in [-0.39, 0.29) is 27.4 Å². The summed E-state index contributed by atoms with van der Waals surface area (Å²) in [4.78, 5) is 60.2. The van der Waals surface area contributed by atoms with Crippen molar-refractivity contribution in [3.05, 3.63) is 52.0 Å². The number of halogens is 1. The first-order valence-electron chi connectivity index (χ1n) is 13.2. The van der Waals surface area contributed by atoms with Crippen LogP contribution in [-0.4, -0.2) is 91.0 Å². The Kier molecular flexibility index (Phi) is 9.10. The van der Waals surface area contributed by atoms with Crippen LogP contribution in [0, 0.1) is 0 Å². The highest BCUT2D eigenvalue weighted by Crippen LogP contribution is 2.40. The number of amides is 2. The van der Waals surface area contributed by atoms with Crippen LogP contribution in [0.5, 0.6) is 0 Å². The largest absolute Gasteiger partial charge is 0.478 e. The monoisotopic (exact) mass is 663 g/mol. The van der Waals surface area contributed by atoms with Crippen LogP contribution in [0.2, 0.25) is 4.34 Å². The van der Waals surface area contributed by atoms with E-state index in [0.717, 1.165) is 40.2 Å². The number of anilines is 1. The number of nitrogen functional groups attached to an aromatic ring is 1. The maximum absolute atomic E-state index is 13.3. The lowest BCUT2D eigenvalue weighted by Gasteiger charge is -2.49. The van der Waals surface area contributed by atoms with Gasteiger partial charge >= 0.3 is 11.9 Å². The van der Waals surface area contributed by atoms with E-state index in [1.54, 1.807) is 0 Å². The van der Waals surface area contributed by atoms with E-state index in [9.17, 15) is 24.3 Å². The maximum Gasteiger partial charge on any atom is 0.352 e. The second kappa shape index (κ2) is 12.8. The van der Waals surface area contributed by atoms with Crippen molar-refractivity contribution in [1.82, 2.24) is 25.1 Å². The summed E-state index contributed by atoms with van der Waals surface area (Å²) in [5, 5.41) is 28.9. The summed E-state index contributed by atoms with van der Waals surface area (Å²) in [7, 11) is 1.89. The molecular formula is C26H28ClN8O7S2+. The number of hydrogen-bond donors (Lipinski definition) is 5. The van der Waals surface area contributed by atoms with Gasteiger partial charge in [0.15, 0.2) is 29.8 Å². The number of carboxylic acids is 2. The SMILES string of the molecule is CNCCn1ccc2c[n+](CC3=C(C(=O)O)N4C(=O)[C@@H](NC(=O)C(=NO[C@@H](C)C(=O)O)c5nc(N)sc5Cl)C4SC3)ccc21. The molecule has 1 unspecified atom stereocenters. The fourth-order valence-corrected chi connectivity index (χ4v) is 7.05. The number of pyridine rings is 1. The van der Waals surface area contributed by atoms with Gasteiger partial charge in [0.05, 0.1) is 10.9 Å². The number of carboxylic acid groups (broad SMARTS) is 2. The van der Waals surface area contributed by atoms with Crippen molar-refractivity contribution in [2.45, 2.75) is 37.5 Å². The van der Waals surface area contributed by atoms with Crippen molar-refractivity contribution in [1.29, 1.82) is 0 Å². The normalized spacial score (nSPS) is 19.0. The van der Waals surface area contributed by atoms with E-state index in [1.165, 1.54) is 18.7 Å². The molecule has 1 fully saturated rings. The quantitative estimate of drug-likeness (QED) is 0.0779. The molecule has 3 aromatic heterocycles. The Morgan fingerprint density at radius 3 is 2.77 bits per heavy atom. The molecule has 0 saturated carbocycles. The number of thiazole rings is 1. The highest BCUT2D eigenvalue weighted by Gasteiger charge is 2.55. The molecule has 232 valence electrons. The van der Waals surface area contributed by atoms with Gasteiger partial charge in [-0.25, -0.2) is 19.1 Å². The molecule has 0 radical (unpaired) electrons. The molecule has 2 aliphatic heterocycles. The summed E-state index contributed by atoms with van der Waals surface area (Å²) in [5.74, 6) is -3.84. The summed E-state index contributed by atoms with van der Waals surface area (Å²) in [6, 6.07) is 2.86. The number of oxime groups is 1. The molecular weight excluding hydrogens is 636 g/mol. The van der Waals surface area contributed by atoms with Gasteiger partial charge in [0, 0.05) is 36.7 Å². The highest BCUT2D eigenvalue weighted by molar-refractivity contribution is 8.00. The van der Waals surface area contributed by atoms with Crippen molar-refractivity contribution < 1.29 is 38.8 Å². The molecule has 0 aromatic carbocycles. The molecule has 3 aromatic rings. The Morgan fingerprint density at radius 2 is 2.11 bits per heavy atom. The molecule has 0 bridgehead atoms. The summed E-state index contributed by atoms with van der Waals surface area (Å²) in [6.45, 7) is 3.08. The number of nitrogens with zero attached hydrogens (tertiary/aromatic N) is 5. The summed E-state index contributed by atoms with van der Waals surface area (Å²) in [5.41, 5.74) is 6.52. The molecule has 3 atom stereocenters. The van der Waals surface area contributed by atoms with Crippen LogP contribution in [0.15, 0.2) is 47.1 Å². The number of β-lactam (4-membered cyclic amide) rings is 1. The van der Waals surface area contributed by atoms with E-state index in [4.69, 9.17) is 27.3 Å². The second-order valence-electron chi connectivity index (χ2n) is 9.89. The molecule has 18 heteroatoms. The van der Waals surface area contributed by atoms with Gasteiger partial charge in [0.2, 0.25) is 6.10 Å². The Hall–Kier alpha value is -4.19. The minimum Gasteiger partial charge on any atom is -0.478 e. The average Bonchev–Trinajstić information content (AvgIpc) is 3.55. The minimum absolute atomic E-state index is 0.00235. The predicted octanol–water partition coefficient (Wildman–Crippen LogP) is 0.473.